The summed E-state index contributed by atoms with van der Waals surface area (Å²) in [5, 5.41) is 8.93. The summed E-state index contributed by atoms with van der Waals surface area (Å²) in [5.74, 6) is 0. The fourth-order valence-electron chi connectivity index (χ4n) is 2.09. The molecule has 0 N–H and O–H groups in total. The molecule has 0 radical (unpaired) electrons. The highest BCUT2D eigenvalue weighted by molar-refractivity contribution is 7.15. The van der Waals surface area contributed by atoms with Crippen molar-refractivity contribution in [2.24, 2.45) is 5.41 Å². The van der Waals surface area contributed by atoms with E-state index in [1.165, 1.54) is 43.7 Å². The molecule has 0 atom stereocenters. The van der Waals surface area contributed by atoms with Gasteiger partial charge < -0.3 is 0 Å². The number of halogens is 1. The third-order valence-corrected chi connectivity index (χ3v) is 4.72. The number of aromatic nitrogens is 2. The Kier molecular flexibility index (Phi) is 3.82. The van der Waals surface area contributed by atoms with E-state index in [1.807, 2.05) is 0 Å². The Hall–Kier alpha value is -0.190. The number of nitrogens with zero attached hydrogens (tertiary/aromatic N) is 3. The number of hydrogen-bond donors (Lipinski definition) is 0. The zero-order valence-electron chi connectivity index (χ0n) is 9.87. The molecule has 0 aliphatic carbocycles. The Labute approximate surface area is 106 Å². The maximum Gasteiger partial charge on any atom is 0.207 e. The van der Waals surface area contributed by atoms with Crippen molar-refractivity contribution in [1.29, 1.82) is 0 Å². The van der Waals surface area contributed by atoms with Gasteiger partial charge in [-0.2, -0.15) is 0 Å². The predicted octanol–water partition coefficient (Wildman–Crippen LogP) is 3.20. The summed E-state index contributed by atoms with van der Waals surface area (Å²) in [5.41, 5.74) is 0.551. The highest BCUT2D eigenvalue weighted by Gasteiger charge is 2.28. The second-order valence-electron chi connectivity index (χ2n) is 4.89. The van der Waals surface area contributed by atoms with Crippen LogP contribution in [0.25, 0.3) is 0 Å². The second kappa shape index (κ2) is 4.98. The Morgan fingerprint density at radius 1 is 1.38 bits per heavy atom. The van der Waals surface area contributed by atoms with Crippen LogP contribution >= 0.6 is 22.9 Å². The molecule has 1 aromatic rings. The monoisotopic (exact) mass is 259 g/mol. The van der Waals surface area contributed by atoms with Gasteiger partial charge in [-0.1, -0.05) is 31.6 Å². The van der Waals surface area contributed by atoms with Crippen molar-refractivity contribution in [1.82, 2.24) is 15.1 Å². The van der Waals surface area contributed by atoms with Gasteiger partial charge in [-0.25, -0.2) is 0 Å². The fourth-order valence-corrected chi connectivity index (χ4v) is 3.00. The first kappa shape index (κ1) is 12.3. The molecule has 0 spiro atoms. The van der Waals surface area contributed by atoms with Gasteiger partial charge in [0.25, 0.3) is 0 Å². The minimum Gasteiger partial charge on any atom is -0.297 e. The highest BCUT2D eigenvalue weighted by atomic mass is 35.5. The van der Waals surface area contributed by atoms with E-state index in [2.05, 4.69) is 28.9 Å². The molecule has 0 aromatic carbocycles. The van der Waals surface area contributed by atoms with Crippen LogP contribution in [0.3, 0.4) is 0 Å². The average molecular weight is 260 g/mol. The van der Waals surface area contributed by atoms with E-state index in [1.54, 1.807) is 0 Å². The first-order valence-electron chi connectivity index (χ1n) is 5.81. The van der Waals surface area contributed by atoms with E-state index < -0.39 is 0 Å². The maximum atomic E-state index is 5.77. The topological polar surface area (TPSA) is 29.0 Å². The van der Waals surface area contributed by atoms with Gasteiger partial charge in [0.1, 0.15) is 5.01 Å². The number of piperidine rings is 1. The van der Waals surface area contributed by atoms with E-state index in [0.29, 0.717) is 9.88 Å². The Balaban J connectivity index is 1.86. The van der Waals surface area contributed by atoms with E-state index >= 15 is 0 Å². The van der Waals surface area contributed by atoms with Gasteiger partial charge in [0.05, 0.1) is 6.54 Å². The molecule has 0 bridgehead atoms. The minimum absolute atomic E-state index is 0.547. The van der Waals surface area contributed by atoms with Gasteiger partial charge in [0, 0.05) is 0 Å². The summed E-state index contributed by atoms with van der Waals surface area (Å²) in [6.45, 7) is 7.93. The first-order valence-corrected chi connectivity index (χ1v) is 7.01. The zero-order valence-corrected chi connectivity index (χ0v) is 11.4. The Morgan fingerprint density at radius 3 is 2.56 bits per heavy atom. The van der Waals surface area contributed by atoms with Crippen molar-refractivity contribution in [2.45, 2.75) is 39.7 Å². The lowest BCUT2D eigenvalue weighted by atomic mass is 9.78. The molecular formula is C11H18ClN3S. The highest BCUT2D eigenvalue weighted by Crippen LogP contribution is 2.34. The van der Waals surface area contributed by atoms with Gasteiger partial charge in [-0.05, 0) is 42.9 Å². The molecule has 1 aliphatic heterocycles. The molecule has 1 saturated heterocycles. The molecule has 2 heterocycles. The van der Waals surface area contributed by atoms with Crippen molar-refractivity contribution in [2.75, 3.05) is 13.1 Å². The zero-order chi connectivity index (χ0) is 11.6. The average Bonchev–Trinajstić information content (AvgIpc) is 2.68. The molecule has 0 saturated carbocycles. The van der Waals surface area contributed by atoms with E-state index in [9.17, 15) is 0 Å². The van der Waals surface area contributed by atoms with Gasteiger partial charge in [0.15, 0.2) is 0 Å². The molecule has 1 aliphatic rings. The van der Waals surface area contributed by atoms with Crippen molar-refractivity contribution in [3.05, 3.63) is 9.47 Å². The largest absolute Gasteiger partial charge is 0.297 e. The predicted molar refractivity (Wildman–Crippen MR) is 67.8 cm³/mol. The Bertz CT molecular complexity index is 345. The van der Waals surface area contributed by atoms with Crippen molar-refractivity contribution < 1.29 is 0 Å². The van der Waals surface area contributed by atoms with E-state index in [0.717, 1.165) is 11.6 Å². The molecule has 1 fully saturated rings. The SMILES string of the molecule is CCC1(C)CCN(Cc2nnc(Cl)s2)CC1. The van der Waals surface area contributed by atoms with Crippen LogP contribution in [-0.4, -0.2) is 28.2 Å². The van der Waals surface area contributed by atoms with Crippen LogP contribution < -0.4 is 0 Å². The van der Waals surface area contributed by atoms with Crippen LogP contribution in [0, 0.1) is 5.41 Å². The van der Waals surface area contributed by atoms with E-state index in [-0.39, 0.29) is 0 Å². The van der Waals surface area contributed by atoms with Crippen LogP contribution in [0.2, 0.25) is 4.47 Å². The number of rotatable bonds is 3. The van der Waals surface area contributed by atoms with Crippen LogP contribution in [0.15, 0.2) is 0 Å². The molecular weight excluding hydrogens is 242 g/mol. The normalized spacial score (nSPS) is 21.2. The summed E-state index contributed by atoms with van der Waals surface area (Å²) in [6.07, 6.45) is 3.86. The van der Waals surface area contributed by atoms with Gasteiger partial charge in [0.2, 0.25) is 4.47 Å². The molecule has 1 aromatic heterocycles. The smallest absolute Gasteiger partial charge is 0.207 e. The molecule has 2 rings (SSSR count). The summed E-state index contributed by atoms with van der Waals surface area (Å²) in [6, 6.07) is 0. The molecule has 0 unspecified atom stereocenters. The lowest BCUT2D eigenvalue weighted by molar-refractivity contribution is 0.109. The standard InChI is InChI=1S/C11H18ClN3S/c1-3-11(2)4-6-15(7-5-11)8-9-13-14-10(12)16-9/h3-8H2,1-2H3. The molecule has 90 valence electrons. The van der Waals surface area contributed by atoms with Crippen molar-refractivity contribution >= 4 is 22.9 Å². The second-order valence-corrected chi connectivity index (χ2v) is 6.53. The summed E-state index contributed by atoms with van der Waals surface area (Å²) < 4.78 is 0.547. The molecule has 3 nitrogen and oxygen atoms in total. The third kappa shape index (κ3) is 2.93. The minimum atomic E-state index is 0.547. The number of hydrogen-bond acceptors (Lipinski definition) is 4. The Morgan fingerprint density at radius 2 is 2.06 bits per heavy atom. The van der Waals surface area contributed by atoms with Gasteiger partial charge in [-0.15, -0.1) is 10.2 Å². The van der Waals surface area contributed by atoms with Crippen LogP contribution in [0.4, 0.5) is 0 Å². The molecule has 16 heavy (non-hydrogen) atoms. The van der Waals surface area contributed by atoms with E-state index in [4.69, 9.17) is 11.6 Å². The summed E-state index contributed by atoms with van der Waals surface area (Å²) in [4.78, 5) is 2.45. The van der Waals surface area contributed by atoms with Crippen LogP contribution in [0.5, 0.6) is 0 Å². The van der Waals surface area contributed by atoms with Crippen LogP contribution in [-0.2, 0) is 6.54 Å². The van der Waals surface area contributed by atoms with Gasteiger partial charge in [-0.3, -0.25) is 4.90 Å². The summed E-state index contributed by atoms with van der Waals surface area (Å²) >= 11 is 7.26. The van der Waals surface area contributed by atoms with Crippen molar-refractivity contribution in [3.63, 3.8) is 0 Å². The summed E-state index contributed by atoms with van der Waals surface area (Å²) in [7, 11) is 0. The van der Waals surface area contributed by atoms with Crippen LogP contribution in [0.1, 0.15) is 38.1 Å². The number of likely N-dealkylation sites (tertiary alicyclic amines) is 1. The molecule has 5 heteroatoms. The lowest BCUT2D eigenvalue weighted by Gasteiger charge is -2.38. The van der Waals surface area contributed by atoms with Gasteiger partial charge >= 0.3 is 0 Å². The van der Waals surface area contributed by atoms with Crippen molar-refractivity contribution in [3.8, 4) is 0 Å². The lowest BCUT2D eigenvalue weighted by Crippen LogP contribution is -2.37. The first-order chi connectivity index (χ1) is 7.61. The maximum absolute atomic E-state index is 5.77. The fraction of sp³-hybridized carbons (Fsp3) is 0.818. The third-order valence-electron chi connectivity index (χ3n) is 3.72. The quantitative estimate of drug-likeness (QED) is 0.835. The molecule has 0 amide bonds.